The summed E-state index contributed by atoms with van der Waals surface area (Å²) >= 11 is 0. The molecular formula is C9H15N3O. The van der Waals surface area contributed by atoms with E-state index in [1.165, 1.54) is 12.8 Å². The molecule has 0 saturated heterocycles. The highest BCUT2D eigenvalue weighted by Gasteiger charge is 2.29. The van der Waals surface area contributed by atoms with E-state index in [2.05, 4.69) is 22.4 Å². The first-order valence-corrected chi connectivity index (χ1v) is 4.86. The van der Waals surface area contributed by atoms with Gasteiger partial charge >= 0.3 is 0 Å². The Balaban J connectivity index is 2.10. The molecule has 1 aliphatic carbocycles. The summed E-state index contributed by atoms with van der Waals surface area (Å²) in [5, 5.41) is 7.11. The van der Waals surface area contributed by atoms with Gasteiger partial charge in [0.1, 0.15) is 0 Å². The maximum atomic E-state index is 5.19. The number of rotatable bonds is 4. The first-order chi connectivity index (χ1) is 6.35. The van der Waals surface area contributed by atoms with Crippen molar-refractivity contribution in [2.24, 2.45) is 0 Å². The summed E-state index contributed by atoms with van der Waals surface area (Å²) in [4.78, 5) is 4.37. The fraction of sp³-hybridized carbons (Fsp3) is 0.778. The molecule has 2 rings (SSSR count). The summed E-state index contributed by atoms with van der Waals surface area (Å²) in [5.74, 6) is 2.20. The van der Waals surface area contributed by atoms with E-state index in [1.807, 2.05) is 7.05 Å². The highest BCUT2D eigenvalue weighted by atomic mass is 16.5. The normalized spacial score (nSPS) is 18.9. The molecule has 13 heavy (non-hydrogen) atoms. The molecule has 0 amide bonds. The maximum absolute atomic E-state index is 5.19. The molecule has 4 nitrogen and oxygen atoms in total. The molecule has 1 N–H and O–H groups in total. The third kappa shape index (κ3) is 1.72. The van der Waals surface area contributed by atoms with Gasteiger partial charge in [0, 0.05) is 5.92 Å². The molecule has 0 radical (unpaired) electrons. The summed E-state index contributed by atoms with van der Waals surface area (Å²) in [5.41, 5.74) is 0. The largest absolute Gasteiger partial charge is 0.338 e. The quantitative estimate of drug-likeness (QED) is 0.766. The Kier molecular flexibility index (Phi) is 2.31. The van der Waals surface area contributed by atoms with Gasteiger partial charge in [0.2, 0.25) is 5.89 Å². The third-order valence-electron chi connectivity index (χ3n) is 2.45. The molecule has 0 spiro atoms. The van der Waals surface area contributed by atoms with E-state index in [-0.39, 0.29) is 6.04 Å². The Labute approximate surface area is 77.7 Å². The predicted molar refractivity (Wildman–Crippen MR) is 48.4 cm³/mol. The van der Waals surface area contributed by atoms with Crippen LogP contribution in [0.1, 0.15) is 49.9 Å². The van der Waals surface area contributed by atoms with Crippen LogP contribution >= 0.6 is 0 Å². The lowest BCUT2D eigenvalue weighted by molar-refractivity contribution is 0.331. The van der Waals surface area contributed by atoms with Crippen molar-refractivity contribution in [3.8, 4) is 0 Å². The molecule has 0 aliphatic heterocycles. The molecule has 1 heterocycles. The maximum Gasteiger partial charge on any atom is 0.243 e. The molecule has 1 unspecified atom stereocenters. The van der Waals surface area contributed by atoms with Crippen LogP contribution in [0.2, 0.25) is 0 Å². The molecule has 1 atom stereocenters. The molecule has 4 heteroatoms. The van der Waals surface area contributed by atoms with Gasteiger partial charge in [-0.1, -0.05) is 12.1 Å². The highest BCUT2D eigenvalue weighted by molar-refractivity contribution is 5.04. The fourth-order valence-electron chi connectivity index (χ4n) is 1.40. The van der Waals surface area contributed by atoms with Crippen LogP contribution in [0.3, 0.4) is 0 Å². The molecule has 0 aromatic carbocycles. The Morgan fingerprint density at radius 2 is 2.38 bits per heavy atom. The number of aromatic nitrogens is 2. The summed E-state index contributed by atoms with van der Waals surface area (Å²) < 4.78 is 5.19. The molecule has 0 bridgehead atoms. The molecule has 1 aromatic rings. The zero-order chi connectivity index (χ0) is 9.26. The molecule has 1 aromatic heterocycles. The summed E-state index contributed by atoms with van der Waals surface area (Å²) in [6.45, 7) is 2.10. The van der Waals surface area contributed by atoms with E-state index >= 15 is 0 Å². The van der Waals surface area contributed by atoms with Gasteiger partial charge in [-0.15, -0.1) is 0 Å². The molecule has 1 aliphatic rings. The zero-order valence-electron chi connectivity index (χ0n) is 8.08. The van der Waals surface area contributed by atoms with Crippen molar-refractivity contribution in [1.29, 1.82) is 0 Å². The van der Waals surface area contributed by atoms with Gasteiger partial charge in [0.25, 0.3) is 0 Å². The van der Waals surface area contributed by atoms with Crippen LogP contribution in [0.15, 0.2) is 4.52 Å². The van der Waals surface area contributed by atoms with E-state index in [0.717, 1.165) is 18.1 Å². The fourth-order valence-corrected chi connectivity index (χ4v) is 1.40. The Bertz CT molecular complexity index is 276. The van der Waals surface area contributed by atoms with E-state index in [4.69, 9.17) is 4.52 Å². The number of nitrogens with one attached hydrogen (secondary N) is 1. The number of hydrogen-bond donors (Lipinski definition) is 1. The van der Waals surface area contributed by atoms with Crippen molar-refractivity contribution >= 4 is 0 Å². The second-order valence-corrected chi connectivity index (χ2v) is 3.51. The van der Waals surface area contributed by atoms with Crippen molar-refractivity contribution < 1.29 is 4.52 Å². The lowest BCUT2D eigenvalue weighted by Gasteiger charge is -2.06. The Hall–Kier alpha value is -0.900. The number of hydrogen-bond acceptors (Lipinski definition) is 4. The molecule has 72 valence electrons. The Morgan fingerprint density at radius 1 is 1.62 bits per heavy atom. The summed E-state index contributed by atoms with van der Waals surface area (Å²) in [6.07, 6.45) is 3.41. The predicted octanol–water partition coefficient (Wildman–Crippen LogP) is 1.62. The van der Waals surface area contributed by atoms with E-state index in [9.17, 15) is 0 Å². The minimum Gasteiger partial charge on any atom is -0.338 e. The van der Waals surface area contributed by atoms with E-state index in [0.29, 0.717) is 5.92 Å². The zero-order valence-corrected chi connectivity index (χ0v) is 8.08. The molecule has 1 fully saturated rings. The van der Waals surface area contributed by atoms with Crippen LogP contribution in [0.25, 0.3) is 0 Å². The topological polar surface area (TPSA) is 51.0 Å². The lowest BCUT2D eigenvalue weighted by Crippen LogP contribution is -2.15. The second-order valence-electron chi connectivity index (χ2n) is 3.51. The van der Waals surface area contributed by atoms with Gasteiger partial charge in [-0.2, -0.15) is 4.98 Å². The number of nitrogens with zero attached hydrogens (tertiary/aromatic N) is 2. The first kappa shape index (κ1) is 8.69. The Morgan fingerprint density at radius 3 is 2.92 bits per heavy atom. The van der Waals surface area contributed by atoms with Crippen LogP contribution in [0.4, 0.5) is 0 Å². The van der Waals surface area contributed by atoms with Crippen LogP contribution in [-0.2, 0) is 0 Å². The summed E-state index contributed by atoms with van der Waals surface area (Å²) in [7, 11) is 1.91. The standard InChI is InChI=1S/C9H15N3O/c1-3-7(10-2)9-11-8(12-13-9)6-4-5-6/h6-7,10H,3-5H2,1-2H3. The van der Waals surface area contributed by atoms with Gasteiger partial charge in [0.15, 0.2) is 5.82 Å². The second kappa shape index (κ2) is 3.46. The minimum absolute atomic E-state index is 0.208. The van der Waals surface area contributed by atoms with Crippen molar-refractivity contribution in [3.63, 3.8) is 0 Å². The van der Waals surface area contributed by atoms with E-state index < -0.39 is 0 Å². The van der Waals surface area contributed by atoms with E-state index in [1.54, 1.807) is 0 Å². The van der Waals surface area contributed by atoms with Crippen LogP contribution in [0.5, 0.6) is 0 Å². The van der Waals surface area contributed by atoms with Gasteiger partial charge in [-0.05, 0) is 26.3 Å². The average Bonchev–Trinajstić information content (AvgIpc) is 2.89. The monoisotopic (exact) mass is 181 g/mol. The van der Waals surface area contributed by atoms with Gasteiger partial charge in [-0.25, -0.2) is 0 Å². The summed E-state index contributed by atoms with van der Waals surface area (Å²) in [6, 6.07) is 0.208. The van der Waals surface area contributed by atoms with Gasteiger partial charge in [-0.3, -0.25) is 0 Å². The molecule has 1 saturated carbocycles. The average molecular weight is 181 g/mol. The van der Waals surface area contributed by atoms with Crippen LogP contribution < -0.4 is 5.32 Å². The van der Waals surface area contributed by atoms with Crippen molar-refractivity contribution in [3.05, 3.63) is 11.7 Å². The van der Waals surface area contributed by atoms with Crippen LogP contribution in [-0.4, -0.2) is 17.2 Å². The van der Waals surface area contributed by atoms with Crippen molar-refractivity contribution in [1.82, 2.24) is 15.5 Å². The van der Waals surface area contributed by atoms with Gasteiger partial charge < -0.3 is 9.84 Å². The smallest absolute Gasteiger partial charge is 0.243 e. The first-order valence-electron chi connectivity index (χ1n) is 4.86. The van der Waals surface area contributed by atoms with Crippen molar-refractivity contribution in [2.75, 3.05) is 7.05 Å². The third-order valence-corrected chi connectivity index (χ3v) is 2.45. The van der Waals surface area contributed by atoms with Crippen LogP contribution in [0, 0.1) is 0 Å². The minimum atomic E-state index is 0.208. The SMILES string of the molecule is CCC(NC)c1nc(C2CC2)no1. The van der Waals surface area contributed by atoms with Crippen molar-refractivity contribution in [2.45, 2.75) is 38.1 Å². The lowest BCUT2D eigenvalue weighted by atomic mass is 10.2. The highest BCUT2D eigenvalue weighted by Crippen LogP contribution is 2.38. The van der Waals surface area contributed by atoms with Gasteiger partial charge in [0.05, 0.1) is 6.04 Å². The molecular weight excluding hydrogens is 166 g/mol.